The number of aryl methyl sites for hydroxylation is 1. The molecule has 0 N–H and O–H groups in total. The van der Waals surface area contributed by atoms with Gasteiger partial charge in [-0.2, -0.15) is 5.10 Å². The van der Waals surface area contributed by atoms with E-state index < -0.39 is 0 Å². The van der Waals surface area contributed by atoms with Gasteiger partial charge in [-0.15, -0.1) is 0 Å². The Morgan fingerprint density at radius 3 is 2.83 bits per heavy atom. The smallest absolute Gasteiger partial charge is 0.182 e. The van der Waals surface area contributed by atoms with Gasteiger partial charge >= 0.3 is 0 Å². The lowest BCUT2D eigenvalue weighted by molar-refractivity contribution is 0.0938. The molecule has 1 saturated carbocycles. The molecule has 0 saturated heterocycles. The van der Waals surface area contributed by atoms with Crippen LogP contribution in [0.2, 0.25) is 0 Å². The lowest BCUT2D eigenvalue weighted by Gasteiger charge is -2.20. The Hall–Kier alpha value is -0.640. The van der Waals surface area contributed by atoms with Crippen LogP contribution in [0, 0.1) is 5.92 Å². The standard InChI is InChI=1S/C14H21BrN2O/c1-2-8-17-14(12(15)10-16-17)13(18)9-11-6-4-3-5-7-11/h10-11H,2-9H2,1H3. The molecule has 100 valence electrons. The summed E-state index contributed by atoms with van der Waals surface area (Å²) in [5, 5.41) is 4.27. The minimum atomic E-state index is 0.250. The molecule has 0 spiro atoms. The molecule has 0 bridgehead atoms. The first-order valence-corrected chi connectivity index (χ1v) is 7.76. The van der Waals surface area contributed by atoms with Crippen molar-refractivity contribution in [1.82, 2.24) is 9.78 Å². The van der Waals surface area contributed by atoms with Crippen molar-refractivity contribution in [2.45, 2.75) is 58.4 Å². The molecule has 18 heavy (non-hydrogen) atoms. The first-order valence-electron chi connectivity index (χ1n) is 6.97. The van der Waals surface area contributed by atoms with Crippen LogP contribution in [-0.2, 0) is 6.54 Å². The molecule has 3 nitrogen and oxygen atoms in total. The summed E-state index contributed by atoms with van der Waals surface area (Å²) in [4.78, 5) is 12.4. The summed E-state index contributed by atoms with van der Waals surface area (Å²) in [6.07, 6.45) is 9.76. The second-order valence-electron chi connectivity index (χ2n) is 5.20. The largest absolute Gasteiger partial charge is 0.292 e. The molecule has 2 rings (SSSR count). The number of aromatic nitrogens is 2. The molecule has 0 aromatic carbocycles. The summed E-state index contributed by atoms with van der Waals surface area (Å²) in [7, 11) is 0. The lowest BCUT2D eigenvalue weighted by atomic mass is 9.85. The van der Waals surface area contributed by atoms with Gasteiger partial charge in [0.25, 0.3) is 0 Å². The van der Waals surface area contributed by atoms with Crippen molar-refractivity contribution < 1.29 is 4.79 Å². The van der Waals surface area contributed by atoms with Gasteiger partial charge in [0.1, 0.15) is 5.69 Å². The van der Waals surface area contributed by atoms with Gasteiger partial charge in [0.2, 0.25) is 0 Å². The highest BCUT2D eigenvalue weighted by Gasteiger charge is 2.22. The van der Waals surface area contributed by atoms with Crippen molar-refractivity contribution in [2.75, 3.05) is 0 Å². The molecule has 0 aliphatic heterocycles. The molecule has 1 fully saturated rings. The topological polar surface area (TPSA) is 34.9 Å². The molecular formula is C14H21BrN2O. The van der Waals surface area contributed by atoms with Crippen LogP contribution in [0.3, 0.4) is 0 Å². The fourth-order valence-electron chi connectivity index (χ4n) is 2.77. The highest BCUT2D eigenvalue weighted by atomic mass is 79.9. The summed E-state index contributed by atoms with van der Waals surface area (Å²) in [5.74, 6) is 0.836. The molecule has 0 amide bonds. The number of carbonyl (C=O) groups is 1. The minimum Gasteiger partial charge on any atom is -0.292 e. The number of halogens is 1. The molecule has 1 aromatic heterocycles. The molecule has 1 aliphatic carbocycles. The maximum Gasteiger partial charge on any atom is 0.182 e. The second kappa shape index (κ2) is 6.50. The number of hydrogen-bond acceptors (Lipinski definition) is 2. The average Bonchev–Trinajstić information content (AvgIpc) is 2.72. The van der Waals surface area contributed by atoms with E-state index >= 15 is 0 Å². The third kappa shape index (κ3) is 3.22. The van der Waals surface area contributed by atoms with Gasteiger partial charge in [-0.1, -0.05) is 39.0 Å². The van der Waals surface area contributed by atoms with E-state index in [0.29, 0.717) is 12.3 Å². The molecule has 4 heteroatoms. The first kappa shape index (κ1) is 13.8. The molecule has 0 radical (unpaired) electrons. The van der Waals surface area contributed by atoms with E-state index in [1.807, 2.05) is 4.68 Å². The molecule has 1 heterocycles. The van der Waals surface area contributed by atoms with E-state index in [4.69, 9.17) is 0 Å². The number of hydrogen-bond donors (Lipinski definition) is 0. The maximum atomic E-state index is 12.4. The zero-order chi connectivity index (χ0) is 13.0. The third-order valence-corrected chi connectivity index (χ3v) is 4.27. The van der Waals surface area contributed by atoms with Gasteiger partial charge < -0.3 is 0 Å². The number of ketones is 1. The van der Waals surface area contributed by atoms with Crippen LogP contribution < -0.4 is 0 Å². The molecule has 0 unspecified atom stereocenters. The van der Waals surface area contributed by atoms with Crippen LogP contribution in [-0.4, -0.2) is 15.6 Å². The van der Waals surface area contributed by atoms with E-state index in [-0.39, 0.29) is 5.78 Å². The lowest BCUT2D eigenvalue weighted by Crippen LogP contribution is -2.16. The summed E-state index contributed by atoms with van der Waals surface area (Å²) in [6.45, 7) is 2.92. The highest BCUT2D eigenvalue weighted by molar-refractivity contribution is 9.10. The number of rotatable bonds is 5. The SMILES string of the molecule is CCCn1ncc(Br)c1C(=O)CC1CCCCC1. The van der Waals surface area contributed by atoms with Crippen molar-refractivity contribution in [2.24, 2.45) is 5.92 Å². The van der Waals surface area contributed by atoms with Crippen molar-refractivity contribution in [3.8, 4) is 0 Å². The summed E-state index contributed by atoms with van der Waals surface area (Å²) >= 11 is 3.45. The van der Waals surface area contributed by atoms with Gasteiger partial charge in [0.05, 0.1) is 10.7 Å². The minimum absolute atomic E-state index is 0.250. The summed E-state index contributed by atoms with van der Waals surface area (Å²) < 4.78 is 2.69. The Balaban J connectivity index is 2.05. The molecule has 1 aliphatic rings. The van der Waals surface area contributed by atoms with Crippen molar-refractivity contribution in [1.29, 1.82) is 0 Å². The quantitative estimate of drug-likeness (QED) is 0.763. The Kier molecular flexibility index (Phi) is 4.98. The second-order valence-corrected chi connectivity index (χ2v) is 6.05. The van der Waals surface area contributed by atoms with Crippen LogP contribution in [0.25, 0.3) is 0 Å². The monoisotopic (exact) mass is 312 g/mol. The Bertz CT molecular complexity index is 408. The predicted octanol–water partition coefficient (Wildman–Crippen LogP) is 4.21. The maximum absolute atomic E-state index is 12.4. The highest BCUT2D eigenvalue weighted by Crippen LogP contribution is 2.29. The zero-order valence-corrected chi connectivity index (χ0v) is 12.6. The van der Waals surface area contributed by atoms with Gasteiger partial charge in [-0.05, 0) is 28.3 Å². The van der Waals surface area contributed by atoms with E-state index in [1.54, 1.807) is 6.20 Å². The van der Waals surface area contributed by atoms with Crippen LogP contribution >= 0.6 is 15.9 Å². The number of nitrogens with zero attached hydrogens (tertiary/aromatic N) is 2. The van der Waals surface area contributed by atoms with Crippen molar-refractivity contribution >= 4 is 21.7 Å². The van der Waals surface area contributed by atoms with Crippen LogP contribution in [0.1, 0.15) is 62.4 Å². The van der Waals surface area contributed by atoms with E-state index in [1.165, 1.54) is 32.1 Å². The Morgan fingerprint density at radius 1 is 1.44 bits per heavy atom. The van der Waals surface area contributed by atoms with Gasteiger partial charge in [0.15, 0.2) is 5.78 Å². The summed E-state index contributed by atoms with van der Waals surface area (Å²) in [5.41, 5.74) is 0.766. The number of Topliss-reactive ketones (excluding diaryl/α,β-unsaturated/α-hetero) is 1. The third-order valence-electron chi connectivity index (χ3n) is 3.69. The molecule has 0 atom stereocenters. The fourth-order valence-corrected chi connectivity index (χ4v) is 3.29. The summed E-state index contributed by atoms with van der Waals surface area (Å²) in [6, 6.07) is 0. The average molecular weight is 313 g/mol. The van der Waals surface area contributed by atoms with Gasteiger partial charge in [-0.3, -0.25) is 9.48 Å². The van der Waals surface area contributed by atoms with E-state index in [9.17, 15) is 4.79 Å². The Morgan fingerprint density at radius 2 is 2.17 bits per heavy atom. The molecule has 1 aromatic rings. The molecular weight excluding hydrogens is 292 g/mol. The number of carbonyl (C=O) groups excluding carboxylic acids is 1. The first-order chi connectivity index (χ1) is 8.72. The van der Waals surface area contributed by atoms with Crippen LogP contribution in [0.4, 0.5) is 0 Å². The van der Waals surface area contributed by atoms with Gasteiger partial charge in [0, 0.05) is 13.0 Å². The van der Waals surface area contributed by atoms with Crippen LogP contribution in [0.5, 0.6) is 0 Å². The van der Waals surface area contributed by atoms with Gasteiger partial charge in [-0.25, -0.2) is 0 Å². The Labute approximate surface area is 117 Å². The zero-order valence-electron chi connectivity index (χ0n) is 11.0. The van der Waals surface area contributed by atoms with Crippen molar-refractivity contribution in [3.63, 3.8) is 0 Å². The van der Waals surface area contributed by atoms with Crippen molar-refractivity contribution in [3.05, 3.63) is 16.4 Å². The predicted molar refractivity (Wildman–Crippen MR) is 75.7 cm³/mol. The normalized spacial score (nSPS) is 17.0. The van der Waals surface area contributed by atoms with E-state index in [0.717, 1.165) is 23.1 Å². The fraction of sp³-hybridized carbons (Fsp3) is 0.714. The van der Waals surface area contributed by atoms with E-state index in [2.05, 4.69) is 28.0 Å². The van der Waals surface area contributed by atoms with Crippen LogP contribution in [0.15, 0.2) is 10.7 Å².